The van der Waals surface area contributed by atoms with E-state index in [1.165, 1.54) is 0 Å². The van der Waals surface area contributed by atoms with Gasteiger partial charge in [-0.3, -0.25) is 14.2 Å². The molecule has 0 spiro atoms. The molecule has 2 fully saturated rings. The van der Waals surface area contributed by atoms with Crippen LogP contribution in [0, 0.1) is 5.92 Å². The van der Waals surface area contributed by atoms with Gasteiger partial charge in [-0.05, 0) is 38.7 Å². The first-order valence-corrected chi connectivity index (χ1v) is 17.8. The number of amides is 3. The fourth-order valence-electron chi connectivity index (χ4n) is 5.40. The normalized spacial score (nSPS) is 18.6. The number of ether oxygens (including phenoxy) is 2. The van der Waals surface area contributed by atoms with E-state index in [1.54, 1.807) is 36.8 Å². The summed E-state index contributed by atoms with van der Waals surface area (Å²) < 4.78 is 35.2. The van der Waals surface area contributed by atoms with E-state index < -0.39 is 31.5 Å². The van der Waals surface area contributed by atoms with Gasteiger partial charge < -0.3 is 33.6 Å². The smallest absolute Gasteiger partial charge is 0.409 e. The lowest BCUT2D eigenvalue weighted by Gasteiger charge is -2.36. The van der Waals surface area contributed by atoms with Gasteiger partial charge in [-0.2, -0.15) is 0 Å². The van der Waals surface area contributed by atoms with E-state index in [-0.39, 0.29) is 57.2 Å². The second-order valence-corrected chi connectivity index (χ2v) is 13.5. The summed E-state index contributed by atoms with van der Waals surface area (Å²) in [7, 11) is -2.10. The molecule has 2 aromatic rings. The fraction of sp³-hybridized carbons (Fsp3) is 0.594. The number of carbonyl (C=O) groups is 3. The highest BCUT2D eigenvalue weighted by Gasteiger charge is 2.41. The molecular weight excluding hydrogens is 613 g/mol. The van der Waals surface area contributed by atoms with Crippen LogP contribution in [0.3, 0.4) is 0 Å². The number of unbranched alkanes of at least 4 members (excludes halogenated alkanes) is 1. The van der Waals surface area contributed by atoms with E-state index >= 15 is 0 Å². The Morgan fingerprint density at radius 2 is 1.67 bits per heavy atom. The van der Waals surface area contributed by atoms with Gasteiger partial charge in [0.2, 0.25) is 5.91 Å². The van der Waals surface area contributed by atoms with Gasteiger partial charge >= 0.3 is 13.7 Å². The molecular formula is C32H46N5O8P. The highest BCUT2D eigenvalue weighted by molar-refractivity contribution is 7.54. The maximum Gasteiger partial charge on any atom is 0.409 e. The Hall–Kier alpha value is -3.38. The molecule has 2 aliphatic rings. The van der Waals surface area contributed by atoms with E-state index in [9.17, 15) is 18.9 Å². The second kappa shape index (κ2) is 17.0. The molecule has 46 heavy (non-hydrogen) atoms. The van der Waals surface area contributed by atoms with Crippen LogP contribution in [0.5, 0.6) is 0 Å². The van der Waals surface area contributed by atoms with E-state index in [0.717, 1.165) is 30.5 Å². The molecule has 13 nitrogen and oxygen atoms in total. The van der Waals surface area contributed by atoms with Crippen molar-refractivity contribution in [2.45, 2.75) is 52.0 Å². The van der Waals surface area contributed by atoms with Crippen molar-refractivity contribution in [1.82, 2.24) is 25.1 Å². The van der Waals surface area contributed by atoms with Crippen molar-refractivity contribution >= 4 is 25.5 Å². The van der Waals surface area contributed by atoms with Crippen LogP contribution in [-0.2, 0) is 27.9 Å². The largest absolute Gasteiger partial charge is 0.449 e. The Bertz CT molecular complexity index is 1360. The Morgan fingerprint density at radius 1 is 1.00 bits per heavy atom. The maximum atomic E-state index is 13.9. The summed E-state index contributed by atoms with van der Waals surface area (Å²) in [6.07, 6.45) is 1.79. The van der Waals surface area contributed by atoms with E-state index in [4.69, 9.17) is 23.5 Å². The number of carbonyl (C=O) groups excluding carboxylic acids is 3. The molecule has 0 radical (unpaired) electrons. The van der Waals surface area contributed by atoms with Gasteiger partial charge in [0.1, 0.15) is 11.7 Å². The van der Waals surface area contributed by atoms with Gasteiger partial charge in [-0.15, -0.1) is 0 Å². The quantitative estimate of drug-likeness (QED) is 0.204. The van der Waals surface area contributed by atoms with Gasteiger partial charge in [0, 0.05) is 57.1 Å². The Balaban J connectivity index is 1.57. The number of rotatable bonds is 16. The second-order valence-electron chi connectivity index (χ2n) is 11.4. The Labute approximate surface area is 270 Å². The lowest BCUT2D eigenvalue weighted by molar-refractivity contribution is -0.134. The molecule has 4 rings (SSSR count). The predicted octanol–water partition coefficient (Wildman–Crippen LogP) is 4.34. The molecule has 0 bridgehead atoms. The third-order valence-corrected chi connectivity index (χ3v) is 10.0. The summed E-state index contributed by atoms with van der Waals surface area (Å²) in [5.74, 6) is -0.256. The molecule has 252 valence electrons. The molecule has 1 aromatic carbocycles. The summed E-state index contributed by atoms with van der Waals surface area (Å²) in [4.78, 5) is 52.7. The minimum Gasteiger partial charge on any atom is -0.449 e. The zero-order valence-electron chi connectivity index (χ0n) is 27.2. The third-order valence-electron chi connectivity index (χ3n) is 7.93. The van der Waals surface area contributed by atoms with E-state index in [2.05, 4.69) is 10.3 Å². The first-order chi connectivity index (χ1) is 22.2. The molecule has 1 aliphatic carbocycles. The average Bonchev–Trinajstić information content (AvgIpc) is 3.84. The Kier molecular flexibility index (Phi) is 13.1. The average molecular weight is 660 g/mol. The number of nitrogens with one attached hydrogen (secondary N) is 1. The van der Waals surface area contributed by atoms with Crippen LogP contribution in [0.2, 0.25) is 0 Å². The van der Waals surface area contributed by atoms with Crippen molar-refractivity contribution in [2.24, 2.45) is 5.92 Å². The molecule has 3 atom stereocenters. The number of nitrogens with zero attached hydrogens (tertiary/aromatic N) is 4. The highest BCUT2D eigenvalue weighted by Crippen LogP contribution is 2.49. The third kappa shape index (κ3) is 9.57. The molecule has 1 aliphatic heterocycles. The summed E-state index contributed by atoms with van der Waals surface area (Å²) >= 11 is 0. The van der Waals surface area contributed by atoms with Crippen LogP contribution >= 0.6 is 7.60 Å². The molecule has 3 amide bonds. The zero-order valence-corrected chi connectivity index (χ0v) is 28.1. The van der Waals surface area contributed by atoms with E-state index in [1.807, 2.05) is 37.3 Å². The summed E-state index contributed by atoms with van der Waals surface area (Å²) in [5.41, 5.74) is 1.56. The standard InChI is InChI=1S/C32H46N5O8P/c1-5-8-18-43-32(40)37-16-14-36(15-17-37)31(39)28(22-46(41,44-6-2)45-7-3)35-30(38)27-20-26(25-19-24(25)21-42-4)33-29(34-27)23-12-10-9-11-13-23/h9-13,20,24-25,28H,5-8,14-19,21-22H2,1-4H3,(H,35,38)/t24-,25+,28?/m1/s1. The topological polar surface area (TPSA) is 149 Å². The molecule has 1 aromatic heterocycles. The lowest BCUT2D eigenvalue weighted by Crippen LogP contribution is -2.57. The number of hydrogen-bond acceptors (Lipinski definition) is 10. The van der Waals surface area contributed by atoms with Crippen molar-refractivity contribution in [3.63, 3.8) is 0 Å². The van der Waals surface area contributed by atoms with Crippen LogP contribution < -0.4 is 5.32 Å². The van der Waals surface area contributed by atoms with Crippen LogP contribution in [0.25, 0.3) is 11.4 Å². The van der Waals surface area contributed by atoms with Gasteiger partial charge in [0.05, 0.1) is 26.0 Å². The number of hydrogen-bond donors (Lipinski definition) is 1. The van der Waals surface area contributed by atoms with Crippen LogP contribution in [0.1, 0.15) is 62.1 Å². The molecule has 14 heteroatoms. The van der Waals surface area contributed by atoms with Crippen molar-refractivity contribution in [3.05, 3.63) is 47.8 Å². The highest BCUT2D eigenvalue weighted by atomic mass is 31.2. The van der Waals surface area contributed by atoms with Gasteiger partial charge in [-0.1, -0.05) is 43.7 Å². The Morgan fingerprint density at radius 3 is 2.30 bits per heavy atom. The first-order valence-electron chi connectivity index (χ1n) is 16.0. The molecule has 1 unspecified atom stereocenters. The molecule has 1 N–H and O–H groups in total. The monoisotopic (exact) mass is 659 g/mol. The summed E-state index contributed by atoms with van der Waals surface area (Å²) in [6.45, 7) is 7.50. The fourth-order valence-corrected chi connectivity index (χ4v) is 7.17. The number of aromatic nitrogens is 2. The first kappa shape index (κ1) is 35.5. The van der Waals surface area contributed by atoms with Gasteiger partial charge in [0.25, 0.3) is 5.91 Å². The number of methoxy groups -OCH3 is 1. The summed E-state index contributed by atoms with van der Waals surface area (Å²) in [5, 5.41) is 2.79. The van der Waals surface area contributed by atoms with E-state index in [0.29, 0.717) is 25.0 Å². The van der Waals surface area contributed by atoms with Gasteiger partial charge in [0.15, 0.2) is 5.82 Å². The molecule has 1 saturated carbocycles. The summed E-state index contributed by atoms with van der Waals surface area (Å²) in [6, 6.07) is 9.77. The van der Waals surface area contributed by atoms with Crippen LogP contribution in [0.4, 0.5) is 4.79 Å². The predicted molar refractivity (Wildman–Crippen MR) is 172 cm³/mol. The van der Waals surface area contributed by atoms with Crippen molar-refractivity contribution in [1.29, 1.82) is 0 Å². The minimum atomic E-state index is -3.75. The number of benzene rings is 1. The maximum absolute atomic E-state index is 13.9. The number of piperazine rings is 1. The van der Waals surface area contributed by atoms with Gasteiger partial charge in [-0.25, -0.2) is 14.8 Å². The van der Waals surface area contributed by atoms with Crippen LogP contribution in [0.15, 0.2) is 36.4 Å². The lowest BCUT2D eigenvalue weighted by atomic mass is 10.1. The minimum absolute atomic E-state index is 0.0898. The van der Waals surface area contributed by atoms with Crippen molar-refractivity contribution < 1.29 is 37.5 Å². The van der Waals surface area contributed by atoms with Crippen LogP contribution in [-0.4, -0.2) is 110 Å². The molecule has 1 saturated heterocycles. The van der Waals surface area contributed by atoms with Crippen molar-refractivity contribution in [3.8, 4) is 11.4 Å². The zero-order chi connectivity index (χ0) is 33.1. The SMILES string of the molecule is CCCCOC(=O)N1CCN(C(=O)C(CP(=O)(OCC)OCC)NC(=O)c2cc([C@H]3C[C@@H]3COC)nc(-c3ccccc3)n2)CC1. The molecule has 2 heterocycles. The van der Waals surface area contributed by atoms with Crippen molar-refractivity contribution in [2.75, 3.05) is 65.9 Å².